The average molecular weight is 399 g/mol. The molecule has 0 unspecified atom stereocenters. The number of carbonyl (C=O) groups is 1. The Bertz CT molecular complexity index is 968. The van der Waals surface area contributed by atoms with Crippen LogP contribution in [-0.4, -0.2) is 69.8 Å². The fraction of sp³-hybridized carbons (Fsp3) is 0.333. The van der Waals surface area contributed by atoms with Gasteiger partial charge in [-0.25, -0.2) is 15.0 Å². The van der Waals surface area contributed by atoms with Crippen LogP contribution >= 0.6 is 11.8 Å². The van der Waals surface area contributed by atoms with Crippen LogP contribution in [0.3, 0.4) is 0 Å². The molecule has 9 nitrogen and oxygen atoms in total. The summed E-state index contributed by atoms with van der Waals surface area (Å²) in [6, 6.07) is 7.99. The molecule has 0 bridgehead atoms. The smallest absolute Gasteiger partial charge is 0.233 e. The Hall–Kier alpha value is -3.01. The van der Waals surface area contributed by atoms with Crippen LogP contribution in [0, 0.1) is 0 Å². The zero-order valence-corrected chi connectivity index (χ0v) is 16.3. The van der Waals surface area contributed by atoms with E-state index in [2.05, 4.69) is 24.8 Å². The number of nitrogens with zero attached hydrogens (tertiary/aromatic N) is 5. The fourth-order valence-corrected chi connectivity index (χ4v) is 3.89. The second-order valence-electron chi connectivity index (χ2n) is 6.35. The molecule has 0 atom stereocenters. The van der Waals surface area contributed by atoms with Crippen LogP contribution < -0.4 is 15.4 Å². The van der Waals surface area contributed by atoms with Crippen molar-refractivity contribution in [1.82, 2.24) is 24.8 Å². The lowest BCUT2D eigenvalue weighted by Crippen LogP contribution is -2.49. The number of methoxy groups -OCH3 is 1. The summed E-state index contributed by atoms with van der Waals surface area (Å²) in [5, 5.41) is 0.618. The first-order valence-electron chi connectivity index (χ1n) is 8.90. The molecule has 10 heteroatoms. The maximum absolute atomic E-state index is 12.6. The Morgan fingerprint density at radius 3 is 2.64 bits per heavy atom. The molecule has 146 valence electrons. The Labute approximate surface area is 166 Å². The van der Waals surface area contributed by atoms with E-state index in [9.17, 15) is 4.79 Å². The fourth-order valence-electron chi connectivity index (χ4n) is 3.12. The number of fused-ring (bicyclic) bond motifs is 1. The highest BCUT2D eigenvalue weighted by Gasteiger charge is 2.22. The molecule has 2 aromatic heterocycles. The summed E-state index contributed by atoms with van der Waals surface area (Å²) >= 11 is 1.35. The van der Waals surface area contributed by atoms with Gasteiger partial charge in [0.05, 0.1) is 12.9 Å². The van der Waals surface area contributed by atoms with Crippen molar-refractivity contribution in [3.05, 3.63) is 30.6 Å². The Balaban J connectivity index is 1.30. The van der Waals surface area contributed by atoms with E-state index in [1.165, 1.54) is 18.1 Å². The number of carbonyl (C=O) groups excluding carboxylic acids is 1. The number of hydrogen-bond acceptors (Lipinski definition) is 8. The van der Waals surface area contributed by atoms with E-state index in [0.717, 1.165) is 24.5 Å². The lowest BCUT2D eigenvalue weighted by molar-refractivity contribution is -0.128. The summed E-state index contributed by atoms with van der Waals surface area (Å²) in [7, 11) is 1.66. The third kappa shape index (κ3) is 3.81. The van der Waals surface area contributed by atoms with Gasteiger partial charge in [0.25, 0.3) is 0 Å². The second-order valence-corrected chi connectivity index (χ2v) is 7.32. The van der Waals surface area contributed by atoms with Gasteiger partial charge in [0, 0.05) is 31.9 Å². The predicted molar refractivity (Wildman–Crippen MR) is 109 cm³/mol. The van der Waals surface area contributed by atoms with Gasteiger partial charge < -0.3 is 25.3 Å². The van der Waals surface area contributed by atoms with Crippen molar-refractivity contribution in [1.29, 1.82) is 0 Å². The van der Waals surface area contributed by atoms with E-state index < -0.39 is 0 Å². The summed E-state index contributed by atoms with van der Waals surface area (Å²) in [4.78, 5) is 32.1. The molecular weight excluding hydrogens is 378 g/mol. The number of hydrogen-bond donors (Lipinski definition) is 2. The minimum absolute atomic E-state index is 0.0962. The minimum Gasteiger partial charge on any atom is -0.497 e. The first-order valence-corrected chi connectivity index (χ1v) is 9.88. The van der Waals surface area contributed by atoms with E-state index in [1.54, 1.807) is 7.11 Å². The third-order valence-electron chi connectivity index (χ3n) is 4.70. The normalized spacial score (nSPS) is 14.5. The predicted octanol–water partition coefficient (Wildman–Crippen LogP) is 1.38. The highest BCUT2D eigenvalue weighted by Crippen LogP contribution is 2.23. The second kappa shape index (κ2) is 7.93. The van der Waals surface area contributed by atoms with Gasteiger partial charge in [-0.2, -0.15) is 0 Å². The van der Waals surface area contributed by atoms with Gasteiger partial charge in [-0.15, -0.1) is 0 Å². The van der Waals surface area contributed by atoms with Crippen molar-refractivity contribution >= 4 is 40.3 Å². The molecule has 1 aliphatic heterocycles. The van der Waals surface area contributed by atoms with Crippen molar-refractivity contribution in [2.24, 2.45) is 0 Å². The Kier molecular flexibility index (Phi) is 5.20. The molecule has 1 fully saturated rings. The lowest BCUT2D eigenvalue weighted by Gasteiger charge is -2.36. The van der Waals surface area contributed by atoms with Crippen LogP contribution in [0.4, 0.5) is 11.5 Å². The largest absolute Gasteiger partial charge is 0.497 e. The topological polar surface area (TPSA) is 113 Å². The molecule has 0 radical (unpaired) electrons. The van der Waals surface area contributed by atoms with E-state index in [4.69, 9.17) is 10.5 Å². The number of H-pyrrole nitrogens is 1. The first kappa shape index (κ1) is 18.4. The van der Waals surface area contributed by atoms with Crippen LogP contribution in [0.25, 0.3) is 11.2 Å². The van der Waals surface area contributed by atoms with Gasteiger partial charge >= 0.3 is 0 Å². The molecule has 1 saturated heterocycles. The van der Waals surface area contributed by atoms with Gasteiger partial charge in [-0.3, -0.25) is 4.79 Å². The molecule has 1 amide bonds. The number of nitrogens with one attached hydrogen (secondary N) is 1. The van der Waals surface area contributed by atoms with Crippen molar-refractivity contribution in [3.63, 3.8) is 0 Å². The van der Waals surface area contributed by atoms with Gasteiger partial charge in [-0.05, 0) is 24.3 Å². The highest BCUT2D eigenvalue weighted by atomic mass is 32.2. The van der Waals surface area contributed by atoms with E-state index >= 15 is 0 Å². The molecule has 3 heterocycles. The van der Waals surface area contributed by atoms with Crippen LogP contribution in [0.5, 0.6) is 5.75 Å². The number of aromatic amines is 1. The number of anilines is 2. The summed E-state index contributed by atoms with van der Waals surface area (Å²) in [5.74, 6) is 1.60. The number of nitrogens with two attached hydrogens (primary N) is 1. The number of amides is 1. The van der Waals surface area contributed by atoms with E-state index in [1.807, 2.05) is 29.2 Å². The molecule has 28 heavy (non-hydrogen) atoms. The summed E-state index contributed by atoms with van der Waals surface area (Å²) in [6.45, 7) is 3.01. The van der Waals surface area contributed by atoms with Crippen LogP contribution in [0.1, 0.15) is 0 Å². The zero-order valence-electron chi connectivity index (χ0n) is 15.5. The molecule has 1 aromatic carbocycles. The Morgan fingerprint density at radius 2 is 1.96 bits per heavy atom. The molecule has 0 saturated carbocycles. The number of aromatic nitrogens is 4. The number of imidazole rings is 1. The molecule has 1 aliphatic rings. The number of piperazine rings is 1. The van der Waals surface area contributed by atoms with Crippen molar-refractivity contribution in [3.8, 4) is 5.75 Å². The molecule has 4 rings (SSSR count). The quantitative estimate of drug-likeness (QED) is 0.619. The van der Waals surface area contributed by atoms with Crippen molar-refractivity contribution in [2.45, 2.75) is 5.16 Å². The number of nitrogen functional groups attached to an aromatic ring is 1. The standard InChI is InChI=1S/C18H21N7O2S/c1-27-13-4-2-12(3-5-13)24-6-8-25(9-7-24)14(26)10-28-18-22-15-16(19)20-11-21-17(15)23-18/h2-5,11H,6-10H2,1H3,(H3,19,20,21,22,23). The van der Waals surface area contributed by atoms with Gasteiger partial charge in [0.15, 0.2) is 16.6 Å². The molecule has 0 spiro atoms. The SMILES string of the molecule is COc1ccc(N2CCN(C(=O)CSc3nc4ncnc(N)c4[nH]3)CC2)cc1. The third-order valence-corrected chi connectivity index (χ3v) is 5.56. The highest BCUT2D eigenvalue weighted by molar-refractivity contribution is 7.99. The minimum atomic E-state index is 0.0962. The number of benzene rings is 1. The Morgan fingerprint density at radius 1 is 1.21 bits per heavy atom. The van der Waals surface area contributed by atoms with E-state index in [0.29, 0.717) is 41.0 Å². The molecule has 0 aliphatic carbocycles. The summed E-state index contributed by atoms with van der Waals surface area (Å²) in [5.41, 5.74) is 8.06. The van der Waals surface area contributed by atoms with Crippen molar-refractivity contribution in [2.75, 3.05) is 49.7 Å². The lowest BCUT2D eigenvalue weighted by atomic mass is 10.2. The average Bonchev–Trinajstić information content (AvgIpc) is 3.17. The van der Waals surface area contributed by atoms with Gasteiger partial charge in [-0.1, -0.05) is 11.8 Å². The van der Waals surface area contributed by atoms with Crippen molar-refractivity contribution < 1.29 is 9.53 Å². The maximum Gasteiger partial charge on any atom is 0.233 e. The first-order chi connectivity index (χ1) is 13.6. The monoisotopic (exact) mass is 399 g/mol. The zero-order chi connectivity index (χ0) is 19.5. The molecule has 3 N–H and O–H groups in total. The van der Waals surface area contributed by atoms with Crippen LogP contribution in [-0.2, 0) is 4.79 Å². The van der Waals surface area contributed by atoms with Gasteiger partial charge in [0.2, 0.25) is 5.91 Å². The molecular formula is C18H21N7O2S. The maximum atomic E-state index is 12.6. The van der Waals surface area contributed by atoms with Crippen LogP contribution in [0.2, 0.25) is 0 Å². The summed E-state index contributed by atoms with van der Waals surface area (Å²) < 4.78 is 5.20. The summed E-state index contributed by atoms with van der Waals surface area (Å²) in [6.07, 6.45) is 1.38. The van der Waals surface area contributed by atoms with Gasteiger partial charge in [0.1, 0.15) is 17.6 Å². The number of thioether (sulfide) groups is 1. The van der Waals surface area contributed by atoms with E-state index in [-0.39, 0.29) is 5.91 Å². The number of ether oxygens (including phenoxy) is 1. The molecule has 3 aromatic rings. The van der Waals surface area contributed by atoms with Crippen LogP contribution in [0.15, 0.2) is 35.7 Å². The number of rotatable bonds is 5.